The number of nitrogens with one attached hydrogen (secondary N) is 1. The van der Waals surface area contributed by atoms with Gasteiger partial charge in [-0.05, 0) is 67.7 Å². The van der Waals surface area contributed by atoms with Crippen molar-refractivity contribution in [2.24, 2.45) is 0 Å². The Kier molecular flexibility index (Phi) is 6.17. The second kappa shape index (κ2) is 8.38. The molecule has 0 unspecified atom stereocenters. The maximum absolute atomic E-state index is 13.2. The molecule has 1 atom stereocenters. The molecule has 1 N–H and O–H groups in total. The number of rotatable bonds is 4. The van der Waals surface area contributed by atoms with Crippen LogP contribution in [0.2, 0.25) is 0 Å². The monoisotopic (exact) mass is 377 g/mol. The average Bonchev–Trinajstić information content (AvgIpc) is 3.04. The Hall–Kier alpha value is -1.62. The lowest BCUT2D eigenvalue weighted by Crippen LogP contribution is -2.41. The van der Waals surface area contributed by atoms with Crippen LogP contribution in [0.5, 0.6) is 5.75 Å². The van der Waals surface area contributed by atoms with Gasteiger partial charge in [-0.15, -0.1) is 12.4 Å². The fourth-order valence-corrected chi connectivity index (χ4v) is 3.92. The molecule has 0 amide bonds. The molecule has 0 aromatic heterocycles. The van der Waals surface area contributed by atoms with Crippen molar-refractivity contribution in [2.45, 2.75) is 37.4 Å². The molecule has 2 aliphatic heterocycles. The normalized spacial score (nSPS) is 21.3. The van der Waals surface area contributed by atoms with E-state index in [0.29, 0.717) is 12.5 Å². The molecule has 2 heterocycles. The molecule has 2 aromatic rings. The van der Waals surface area contributed by atoms with Crippen LogP contribution < -0.4 is 10.1 Å². The van der Waals surface area contributed by atoms with Crippen LogP contribution in [0.4, 0.5) is 4.39 Å². The summed E-state index contributed by atoms with van der Waals surface area (Å²) in [6.07, 6.45) is 3.33. The summed E-state index contributed by atoms with van der Waals surface area (Å²) >= 11 is 0. The van der Waals surface area contributed by atoms with E-state index in [4.69, 9.17) is 9.47 Å². The Bertz CT molecular complexity index is 716. The lowest BCUT2D eigenvalue weighted by atomic mass is 9.84. The zero-order chi connectivity index (χ0) is 17.1. The first-order chi connectivity index (χ1) is 12.2. The van der Waals surface area contributed by atoms with Crippen molar-refractivity contribution in [3.8, 4) is 5.75 Å². The third-order valence-corrected chi connectivity index (χ3v) is 5.37. The van der Waals surface area contributed by atoms with Crippen LogP contribution in [0.1, 0.15) is 36.3 Å². The number of piperidine rings is 1. The third-order valence-electron chi connectivity index (χ3n) is 5.37. The van der Waals surface area contributed by atoms with Gasteiger partial charge in [-0.2, -0.15) is 0 Å². The number of halogens is 2. The summed E-state index contributed by atoms with van der Waals surface area (Å²) in [5, 5.41) is 3.41. The second-order valence-corrected chi connectivity index (χ2v) is 7.13. The Morgan fingerprint density at radius 1 is 1.12 bits per heavy atom. The zero-order valence-corrected chi connectivity index (χ0v) is 15.6. The van der Waals surface area contributed by atoms with Gasteiger partial charge in [0, 0.05) is 5.92 Å². The Morgan fingerprint density at radius 3 is 2.62 bits per heavy atom. The average molecular weight is 378 g/mol. The van der Waals surface area contributed by atoms with E-state index in [2.05, 4.69) is 17.4 Å². The molecule has 0 saturated carbocycles. The summed E-state index contributed by atoms with van der Waals surface area (Å²) in [4.78, 5) is 0. The molecule has 4 rings (SSSR count). The van der Waals surface area contributed by atoms with Gasteiger partial charge in [0.2, 0.25) is 0 Å². The quantitative estimate of drug-likeness (QED) is 0.853. The number of benzene rings is 2. The van der Waals surface area contributed by atoms with Crippen LogP contribution in [0.25, 0.3) is 0 Å². The van der Waals surface area contributed by atoms with E-state index < -0.39 is 0 Å². The minimum Gasteiger partial charge on any atom is -0.489 e. The first kappa shape index (κ1) is 19.2. The van der Waals surface area contributed by atoms with Crippen LogP contribution in [-0.2, 0) is 11.3 Å². The maximum atomic E-state index is 13.2. The van der Waals surface area contributed by atoms with E-state index in [1.165, 1.54) is 17.7 Å². The summed E-state index contributed by atoms with van der Waals surface area (Å²) in [6, 6.07) is 14.8. The van der Waals surface area contributed by atoms with Gasteiger partial charge in [0.25, 0.3) is 0 Å². The largest absolute Gasteiger partial charge is 0.489 e. The molecule has 0 aliphatic carbocycles. The first-order valence-electron chi connectivity index (χ1n) is 9.04. The molecule has 1 spiro atoms. The highest BCUT2D eigenvalue weighted by molar-refractivity contribution is 5.85. The predicted octanol–water partition coefficient (Wildman–Crippen LogP) is 4.45. The van der Waals surface area contributed by atoms with Crippen LogP contribution >= 0.6 is 12.4 Å². The van der Waals surface area contributed by atoms with Crippen molar-refractivity contribution in [1.29, 1.82) is 0 Å². The topological polar surface area (TPSA) is 30.5 Å². The third kappa shape index (κ3) is 4.37. The lowest BCUT2D eigenvalue weighted by Gasteiger charge is -2.33. The highest BCUT2D eigenvalue weighted by atomic mass is 35.5. The van der Waals surface area contributed by atoms with Gasteiger partial charge in [0.1, 0.15) is 18.2 Å². The highest BCUT2D eigenvalue weighted by Gasteiger charge is 2.41. The van der Waals surface area contributed by atoms with Gasteiger partial charge >= 0.3 is 0 Å². The predicted molar refractivity (Wildman–Crippen MR) is 103 cm³/mol. The van der Waals surface area contributed by atoms with Crippen LogP contribution in [0.3, 0.4) is 0 Å². The van der Waals surface area contributed by atoms with Crippen molar-refractivity contribution < 1.29 is 13.9 Å². The van der Waals surface area contributed by atoms with Crippen LogP contribution in [0.15, 0.2) is 48.5 Å². The molecule has 140 valence electrons. The van der Waals surface area contributed by atoms with Crippen molar-refractivity contribution in [2.75, 3.05) is 19.7 Å². The maximum Gasteiger partial charge on any atom is 0.123 e. The van der Waals surface area contributed by atoms with Crippen molar-refractivity contribution >= 4 is 12.4 Å². The fourth-order valence-electron chi connectivity index (χ4n) is 3.92. The van der Waals surface area contributed by atoms with E-state index in [-0.39, 0.29) is 23.8 Å². The molecule has 26 heavy (non-hydrogen) atoms. The second-order valence-electron chi connectivity index (χ2n) is 7.13. The zero-order valence-electron chi connectivity index (χ0n) is 14.7. The van der Waals surface area contributed by atoms with Gasteiger partial charge in [0.15, 0.2) is 0 Å². The minimum absolute atomic E-state index is 0. The molecule has 2 aliphatic rings. The van der Waals surface area contributed by atoms with Crippen molar-refractivity contribution in [3.05, 3.63) is 65.5 Å². The summed E-state index contributed by atoms with van der Waals surface area (Å²) in [5.41, 5.74) is 2.23. The molecule has 0 radical (unpaired) electrons. The summed E-state index contributed by atoms with van der Waals surface area (Å²) < 4.78 is 25.2. The molecular formula is C21H25ClFNO2. The van der Waals surface area contributed by atoms with Gasteiger partial charge in [-0.1, -0.05) is 24.3 Å². The van der Waals surface area contributed by atoms with Gasteiger partial charge in [-0.3, -0.25) is 0 Å². The first-order valence-corrected chi connectivity index (χ1v) is 9.04. The molecule has 2 aromatic carbocycles. The lowest BCUT2D eigenvalue weighted by molar-refractivity contribution is -0.0193. The van der Waals surface area contributed by atoms with Gasteiger partial charge in [0.05, 0.1) is 12.2 Å². The van der Waals surface area contributed by atoms with Gasteiger partial charge < -0.3 is 14.8 Å². The highest BCUT2D eigenvalue weighted by Crippen LogP contribution is 2.41. The Balaban J connectivity index is 0.00000196. The van der Waals surface area contributed by atoms with E-state index in [1.807, 2.05) is 18.2 Å². The van der Waals surface area contributed by atoms with Crippen LogP contribution in [0, 0.1) is 5.82 Å². The fraction of sp³-hybridized carbons (Fsp3) is 0.429. The molecule has 3 nitrogen and oxygen atoms in total. The number of hydrogen-bond donors (Lipinski definition) is 1. The molecule has 0 bridgehead atoms. The molecule has 5 heteroatoms. The standard InChI is InChI=1S/C21H24FNO2.ClH/c22-19-3-1-2-16(12-19)14-24-20-6-4-17(5-7-20)18-13-21(25-15-18)8-10-23-11-9-21;/h1-7,12,18,23H,8-11,13-15H2;1H/t18-;/m1./s1. The summed E-state index contributed by atoms with van der Waals surface area (Å²) in [7, 11) is 0. The summed E-state index contributed by atoms with van der Waals surface area (Å²) in [5.74, 6) is 1.04. The van der Waals surface area contributed by atoms with E-state index in [1.54, 1.807) is 6.07 Å². The number of ether oxygens (including phenoxy) is 2. The minimum atomic E-state index is -0.232. The smallest absolute Gasteiger partial charge is 0.123 e. The Morgan fingerprint density at radius 2 is 1.88 bits per heavy atom. The molecule has 2 saturated heterocycles. The molecule has 2 fully saturated rings. The van der Waals surface area contributed by atoms with E-state index in [0.717, 1.165) is 50.3 Å². The number of hydrogen-bond acceptors (Lipinski definition) is 3. The van der Waals surface area contributed by atoms with Crippen LogP contribution in [-0.4, -0.2) is 25.3 Å². The van der Waals surface area contributed by atoms with E-state index in [9.17, 15) is 4.39 Å². The van der Waals surface area contributed by atoms with Crippen molar-refractivity contribution in [1.82, 2.24) is 5.32 Å². The van der Waals surface area contributed by atoms with Gasteiger partial charge in [-0.25, -0.2) is 4.39 Å². The Labute approximate surface area is 160 Å². The SMILES string of the molecule is Cl.Fc1cccc(COc2ccc([C@H]3COC4(CCNCC4)C3)cc2)c1. The van der Waals surface area contributed by atoms with Crippen molar-refractivity contribution in [3.63, 3.8) is 0 Å². The summed E-state index contributed by atoms with van der Waals surface area (Å²) in [6.45, 7) is 3.29. The van der Waals surface area contributed by atoms with E-state index >= 15 is 0 Å². The molecular weight excluding hydrogens is 353 g/mol.